The van der Waals surface area contributed by atoms with E-state index in [1.54, 1.807) is 24.3 Å². The van der Waals surface area contributed by atoms with Crippen LogP contribution in [0.25, 0.3) is 11.3 Å². The monoisotopic (exact) mass is 444 g/mol. The Bertz CT molecular complexity index is 1040. The number of aromatic amines is 1. The van der Waals surface area contributed by atoms with Gasteiger partial charge in [-0.15, -0.1) is 0 Å². The number of nitrogens with zero attached hydrogens (tertiary/aromatic N) is 1. The van der Waals surface area contributed by atoms with Crippen molar-refractivity contribution >= 4 is 40.6 Å². The van der Waals surface area contributed by atoms with Crippen LogP contribution in [0.15, 0.2) is 42.5 Å². The molecule has 3 N–H and O–H groups in total. The van der Waals surface area contributed by atoms with Gasteiger partial charge in [0.2, 0.25) is 0 Å². The van der Waals surface area contributed by atoms with Gasteiger partial charge in [-0.3, -0.25) is 5.10 Å². The Morgan fingerprint density at radius 3 is 2.28 bits per heavy atom. The van der Waals surface area contributed by atoms with Crippen LogP contribution in [0, 0.1) is 0 Å². The summed E-state index contributed by atoms with van der Waals surface area (Å²) in [4.78, 5) is 12.2. The summed E-state index contributed by atoms with van der Waals surface area (Å²) in [7, 11) is 1.35. The molecular formula is C18H13Cl2F3N4O2. The number of nitrogens with one attached hydrogen (secondary N) is 3. The van der Waals surface area contributed by atoms with Gasteiger partial charge in [0.1, 0.15) is 11.4 Å². The van der Waals surface area contributed by atoms with Crippen molar-refractivity contribution < 1.29 is 22.7 Å². The first-order chi connectivity index (χ1) is 13.7. The summed E-state index contributed by atoms with van der Waals surface area (Å²) >= 11 is 11.7. The van der Waals surface area contributed by atoms with E-state index in [1.165, 1.54) is 25.3 Å². The van der Waals surface area contributed by atoms with E-state index in [9.17, 15) is 18.0 Å². The highest BCUT2D eigenvalue weighted by molar-refractivity contribution is 6.34. The number of urea groups is 1. The van der Waals surface area contributed by atoms with Crippen LogP contribution in [0.4, 0.5) is 29.3 Å². The molecule has 0 radical (unpaired) electrons. The molecule has 2 amide bonds. The Morgan fingerprint density at radius 2 is 1.69 bits per heavy atom. The Labute approximate surface area is 173 Å². The fourth-order valence-electron chi connectivity index (χ4n) is 2.49. The normalized spacial score (nSPS) is 11.2. The molecule has 0 saturated carbocycles. The highest BCUT2D eigenvalue weighted by Gasteiger charge is 2.37. The molecular weight excluding hydrogens is 432 g/mol. The fraction of sp³-hybridized carbons (Fsp3) is 0.111. The SMILES string of the molecule is COc1ccc(NC(=O)Nc2ccc(Cl)cc2)cc1-c1n[nH]c(C(F)(F)F)c1Cl. The summed E-state index contributed by atoms with van der Waals surface area (Å²) in [6.45, 7) is 0. The van der Waals surface area contributed by atoms with Crippen molar-refractivity contribution in [3.63, 3.8) is 0 Å². The molecule has 0 bridgehead atoms. The van der Waals surface area contributed by atoms with Crippen LogP contribution in [0.1, 0.15) is 5.69 Å². The van der Waals surface area contributed by atoms with E-state index in [1.807, 2.05) is 5.10 Å². The third kappa shape index (κ3) is 4.75. The first-order valence-corrected chi connectivity index (χ1v) is 8.77. The van der Waals surface area contributed by atoms with Crippen LogP contribution in [-0.2, 0) is 6.18 Å². The smallest absolute Gasteiger partial charge is 0.434 e. The van der Waals surface area contributed by atoms with Gasteiger partial charge in [-0.1, -0.05) is 23.2 Å². The van der Waals surface area contributed by atoms with Gasteiger partial charge >= 0.3 is 12.2 Å². The predicted molar refractivity (Wildman–Crippen MR) is 105 cm³/mol. The molecule has 0 fully saturated rings. The second-order valence-electron chi connectivity index (χ2n) is 5.76. The Morgan fingerprint density at radius 1 is 1.07 bits per heavy atom. The molecule has 152 valence electrons. The zero-order valence-electron chi connectivity index (χ0n) is 14.7. The quantitative estimate of drug-likeness (QED) is 0.457. The number of methoxy groups -OCH3 is 1. The van der Waals surface area contributed by atoms with Crippen molar-refractivity contribution in [1.29, 1.82) is 0 Å². The van der Waals surface area contributed by atoms with Crippen LogP contribution in [0.3, 0.4) is 0 Å². The molecule has 11 heteroatoms. The van der Waals surface area contributed by atoms with E-state index in [-0.39, 0.29) is 17.0 Å². The van der Waals surface area contributed by atoms with Crippen LogP contribution < -0.4 is 15.4 Å². The molecule has 1 heterocycles. The number of hydrogen-bond acceptors (Lipinski definition) is 3. The topological polar surface area (TPSA) is 79.0 Å². The Hall–Kier alpha value is -2.91. The molecule has 1 aromatic heterocycles. The van der Waals surface area contributed by atoms with E-state index < -0.39 is 22.9 Å². The first-order valence-electron chi connectivity index (χ1n) is 8.02. The number of hydrogen-bond donors (Lipinski definition) is 3. The molecule has 0 aliphatic carbocycles. The lowest BCUT2D eigenvalue weighted by Gasteiger charge is -2.12. The van der Waals surface area contributed by atoms with E-state index in [4.69, 9.17) is 27.9 Å². The van der Waals surface area contributed by atoms with Crippen molar-refractivity contribution in [3.05, 3.63) is 58.2 Å². The van der Waals surface area contributed by atoms with Crippen LogP contribution in [0.5, 0.6) is 5.75 Å². The van der Waals surface area contributed by atoms with Gasteiger partial charge in [-0.05, 0) is 42.5 Å². The zero-order valence-corrected chi connectivity index (χ0v) is 16.2. The first kappa shape index (κ1) is 20.8. The van der Waals surface area contributed by atoms with Crippen LogP contribution in [0.2, 0.25) is 10.0 Å². The molecule has 0 unspecified atom stereocenters. The second kappa shape index (κ2) is 8.22. The van der Waals surface area contributed by atoms with Crippen molar-refractivity contribution in [3.8, 4) is 17.0 Å². The molecule has 3 aromatic rings. The summed E-state index contributed by atoms with van der Waals surface area (Å²) in [5.41, 5.74) is -0.355. The van der Waals surface area contributed by atoms with Gasteiger partial charge in [-0.25, -0.2) is 4.79 Å². The standard InChI is InChI=1S/C18H13Cl2F3N4O2/c1-29-13-7-6-11(25-17(28)24-10-4-2-9(19)3-5-10)8-12(13)15-14(20)16(27-26-15)18(21,22)23/h2-8H,1H3,(H,26,27)(H2,24,25,28). The van der Waals surface area contributed by atoms with E-state index in [0.29, 0.717) is 16.4 Å². The molecule has 2 aromatic carbocycles. The van der Waals surface area contributed by atoms with Gasteiger partial charge in [0.05, 0.1) is 12.1 Å². The third-order valence-corrected chi connectivity index (χ3v) is 4.42. The largest absolute Gasteiger partial charge is 0.496 e. The van der Waals surface area contributed by atoms with Crippen LogP contribution >= 0.6 is 23.2 Å². The third-order valence-electron chi connectivity index (χ3n) is 3.80. The van der Waals surface area contributed by atoms with Gasteiger partial charge in [0.15, 0.2) is 5.69 Å². The minimum Gasteiger partial charge on any atom is -0.496 e. The second-order valence-corrected chi connectivity index (χ2v) is 6.57. The number of anilines is 2. The van der Waals surface area contributed by atoms with Crippen molar-refractivity contribution in [1.82, 2.24) is 10.2 Å². The summed E-state index contributed by atoms with van der Waals surface area (Å²) in [5, 5.41) is 10.7. The van der Waals surface area contributed by atoms with Crippen molar-refractivity contribution in [2.45, 2.75) is 6.18 Å². The van der Waals surface area contributed by atoms with Crippen LogP contribution in [-0.4, -0.2) is 23.3 Å². The average molecular weight is 445 g/mol. The molecule has 0 saturated heterocycles. The predicted octanol–water partition coefficient (Wildman–Crippen LogP) is 6.05. The Kier molecular flexibility index (Phi) is 5.90. The lowest BCUT2D eigenvalue weighted by molar-refractivity contribution is -0.141. The maximum atomic E-state index is 13.0. The van der Waals surface area contributed by atoms with Crippen molar-refractivity contribution in [2.24, 2.45) is 0 Å². The number of carbonyl (C=O) groups is 1. The highest BCUT2D eigenvalue weighted by atomic mass is 35.5. The number of benzene rings is 2. The zero-order chi connectivity index (χ0) is 21.2. The lowest BCUT2D eigenvalue weighted by Crippen LogP contribution is -2.19. The average Bonchev–Trinajstić information content (AvgIpc) is 3.05. The van der Waals surface area contributed by atoms with E-state index in [0.717, 1.165) is 0 Å². The highest BCUT2D eigenvalue weighted by Crippen LogP contribution is 2.41. The minimum atomic E-state index is -4.69. The summed E-state index contributed by atoms with van der Waals surface area (Å²) in [5.74, 6) is 0.232. The number of rotatable bonds is 4. The van der Waals surface area contributed by atoms with E-state index in [2.05, 4.69) is 15.7 Å². The molecule has 6 nitrogen and oxygen atoms in total. The number of carbonyl (C=O) groups excluding carboxylic acids is 1. The molecule has 3 rings (SSSR count). The molecule has 0 aliphatic rings. The number of amides is 2. The number of alkyl halides is 3. The summed E-state index contributed by atoms with van der Waals surface area (Å²) < 4.78 is 44.1. The minimum absolute atomic E-state index is 0.155. The maximum absolute atomic E-state index is 13.0. The summed E-state index contributed by atoms with van der Waals surface area (Å²) in [6, 6.07) is 10.3. The number of H-pyrrole nitrogens is 1. The van der Waals surface area contributed by atoms with Gasteiger partial charge in [0.25, 0.3) is 0 Å². The molecule has 29 heavy (non-hydrogen) atoms. The molecule has 0 atom stereocenters. The number of halogens is 5. The summed E-state index contributed by atoms with van der Waals surface area (Å²) in [6.07, 6.45) is -4.69. The fourth-order valence-corrected chi connectivity index (χ4v) is 2.91. The number of ether oxygens (including phenoxy) is 1. The van der Waals surface area contributed by atoms with Gasteiger partial charge < -0.3 is 15.4 Å². The molecule has 0 aliphatic heterocycles. The van der Waals surface area contributed by atoms with Gasteiger partial charge in [-0.2, -0.15) is 18.3 Å². The lowest BCUT2D eigenvalue weighted by atomic mass is 10.1. The molecule has 0 spiro atoms. The van der Waals surface area contributed by atoms with E-state index >= 15 is 0 Å². The maximum Gasteiger partial charge on any atom is 0.434 e. The van der Waals surface area contributed by atoms with Crippen molar-refractivity contribution in [2.75, 3.05) is 17.7 Å². The van der Waals surface area contributed by atoms with Gasteiger partial charge in [0, 0.05) is 22.0 Å². The number of aromatic nitrogens is 2. The Balaban J connectivity index is 1.87.